The number of hydrogen-bond donors (Lipinski definition) is 1. The van der Waals surface area contributed by atoms with Crippen LogP contribution in [0.5, 0.6) is 0 Å². The fourth-order valence-electron chi connectivity index (χ4n) is 7.21. The molecular weight excluding hydrogens is 310 g/mol. The number of ether oxygens (including phenoxy) is 1. The normalized spacial score (nSPS) is 47.8. The maximum absolute atomic E-state index is 12.7. The average molecular weight is 344 g/mol. The minimum atomic E-state index is -0.538. The quantitative estimate of drug-likeness (QED) is 0.739. The summed E-state index contributed by atoms with van der Waals surface area (Å²) in [6, 6.07) is 0. The Morgan fingerprint density at radius 1 is 0.960 bits per heavy atom. The Hall–Kier alpha value is -0.830. The van der Waals surface area contributed by atoms with Gasteiger partial charge in [0.05, 0.1) is 0 Å². The average Bonchev–Trinajstić information content (AvgIpc) is 3.15. The third kappa shape index (κ3) is 2.30. The first kappa shape index (κ1) is 16.4. The number of Topliss-reactive ketones (excluding diaryl/α,β-unsaturated/α-hetero) is 1. The molecule has 0 aliphatic heterocycles. The minimum absolute atomic E-state index is 0.168. The van der Waals surface area contributed by atoms with Crippen molar-refractivity contribution in [3.8, 4) is 0 Å². The first-order valence-electron chi connectivity index (χ1n) is 10.6. The molecule has 5 atom stereocenters. The van der Waals surface area contributed by atoms with Gasteiger partial charge < -0.3 is 4.74 Å². The van der Waals surface area contributed by atoms with Crippen LogP contribution >= 0.6 is 0 Å². The highest BCUT2D eigenvalue weighted by Gasteiger charge is 2.58. The number of allylic oxidation sites excluding steroid dienone is 1. The second-order valence-electron chi connectivity index (χ2n) is 10.3. The van der Waals surface area contributed by atoms with Crippen LogP contribution in [0.25, 0.3) is 0 Å². The molecule has 0 bridgehead atoms. The molecule has 0 radical (unpaired) electrons. The molecule has 3 heteroatoms. The summed E-state index contributed by atoms with van der Waals surface area (Å²) in [4.78, 5) is 12.7. The van der Waals surface area contributed by atoms with Crippen LogP contribution in [-0.4, -0.2) is 11.5 Å². The molecule has 5 rings (SSSR count). The Bertz CT molecular complexity index is 648. The fraction of sp³-hybridized carbons (Fsp3) is 0.864. The number of rotatable bonds is 2. The molecule has 0 amide bonds. The van der Waals surface area contributed by atoms with Crippen LogP contribution in [0.4, 0.5) is 0 Å². The van der Waals surface area contributed by atoms with Gasteiger partial charge in [-0.3, -0.25) is 10.5 Å². The summed E-state index contributed by atoms with van der Waals surface area (Å²) in [6.45, 7) is 5.00. The third-order valence-corrected chi connectivity index (χ3v) is 8.90. The summed E-state index contributed by atoms with van der Waals surface area (Å²) in [5.74, 6) is 3.41. The zero-order valence-corrected chi connectivity index (χ0v) is 15.9. The van der Waals surface area contributed by atoms with E-state index >= 15 is 0 Å². The lowest BCUT2D eigenvalue weighted by Crippen LogP contribution is -2.50. The molecule has 0 spiro atoms. The Morgan fingerprint density at radius 3 is 2.52 bits per heavy atom. The maximum Gasteiger partial charge on any atom is 0.197 e. The Balaban J connectivity index is 1.51. The summed E-state index contributed by atoms with van der Waals surface area (Å²) < 4.78 is 6.13. The standard InChI is InChI=1S/C22H33NO2/c1-20-9-3-4-15(20)14-5-6-17-19(25-22(23)12-13-22)18(24)8-11-21(17,2)16(14)7-10-20/h14-16H,3-13,23H2,1-2H3/t14-,15-,16+,20-,21+/m0/s1. The van der Waals surface area contributed by atoms with E-state index in [0.29, 0.717) is 17.6 Å². The highest BCUT2D eigenvalue weighted by molar-refractivity contribution is 5.95. The van der Waals surface area contributed by atoms with Crippen molar-refractivity contribution in [2.45, 2.75) is 90.2 Å². The lowest BCUT2D eigenvalue weighted by Gasteiger charge is -2.57. The lowest BCUT2D eigenvalue weighted by atomic mass is 9.47. The zero-order valence-electron chi connectivity index (χ0n) is 15.9. The molecule has 5 aliphatic carbocycles. The molecule has 0 heterocycles. The van der Waals surface area contributed by atoms with E-state index in [1.807, 2.05) is 0 Å². The molecule has 0 aromatic rings. The second-order valence-corrected chi connectivity index (χ2v) is 10.3. The Labute approximate surface area is 151 Å². The van der Waals surface area contributed by atoms with Gasteiger partial charge in [-0.05, 0) is 79.1 Å². The SMILES string of the molecule is C[C@@]12CCC[C@H]1[C@@H]1CCC3=C(OC4(N)CC4)C(=O)CC[C@]3(C)[C@@H]1CC2. The van der Waals surface area contributed by atoms with Crippen LogP contribution in [0.3, 0.4) is 0 Å². The number of carbonyl (C=O) groups excluding carboxylic acids is 1. The van der Waals surface area contributed by atoms with Gasteiger partial charge in [0.15, 0.2) is 17.3 Å². The first-order valence-corrected chi connectivity index (χ1v) is 10.6. The van der Waals surface area contributed by atoms with Crippen LogP contribution in [0.2, 0.25) is 0 Å². The van der Waals surface area contributed by atoms with Crippen LogP contribution in [0.1, 0.15) is 84.5 Å². The second kappa shape index (κ2) is 5.12. The van der Waals surface area contributed by atoms with Gasteiger partial charge in [-0.25, -0.2) is 0 Å². The van der Waals surface area contributed by atoms with Gasteiger partial charge in [-0.2, -0.15) is 0 Å². The van der Waals surface area contributed by atoms with E-state index in [0.717, 1.165) is 43.4 Å². The molecule has 5 aliphatic rings. The van der Waals surface area contributed by atoms with Crippen molar-refractivity contribution in [2.24, 2.45) is 34.3 Å². The molecule has 138 valence electrons. The molecule has 3 nitrogen and oxygen atoms in total. The highest BCUT2D eigenvalue weighted by atomic mass is 16.5. The molecule has 0 aromatic heterocycles. The van der Waals surface area contributed by atoms with Gasteiger partial charge in [-0.15, -0.1) is 0 Å². The van der Waals surface area contributed by atoms with Crippen molar-refractivity contribution in [1.29, 1.82) is 0 Å². The topological polar surface area (TPSA) is 52.3 Å². The van der Waals surface area contributed by atoms with E-state index in [9.17, 15) is 4.79 Å². The Kier molecular flexibility index (Phi) is 3.35. The molecular formula is C22H33NO2. The smallest absolute Gasteiger partial charge is 0.197 e. The molecule has 0 saturated heterocycles. The summed E-state index contributed by atoms with van der Waals surface area (Å²) in [7, 11) is 0. The van der Waals surface area contributed by atoms with E-state index in [-0.39, 0.29) is 11.2 Å². The molecule has 4 saturated carbocycles. The highest BCUT2D eigenvalue weighted by Crippen LogP contribution is 2.66. The van der Waals surface area contributed by atoms with Crippen molar-refractivity contribution >= 4 is 5.78 Å². The van der Waals surface area contributed by atoms with E-state index in [1.165, 1.54) is 44.1 Å². The van der Waals surface area contributed by atoms with E-state index in [1.54, 1.807) is 0 Å². The van der Waals surface area contributed by atoms with Crippen LogP contribution in [-0.2, 0) is 9.53 Å². The van der Waals surface area contributed by atoms with Gasteiger partial charge in [0.1, 0.15) is 0 Å². The predicted molar refractivity (Wildman–Crippen MR) is 97.5 cm³/mol. The first-order chi connectivity index (χ1) is 11.8. The molecule has 0 aromatic carbocycles. The van der Waals surface area contributed by atoms with Gasteiger partial charge >= 0.3 is 0 Å². The summed E-state index contributed by atoms with van der Waals surface area (Å²) in [6.07, 6.45) is 12.8. The van der Waals surface area contributed by atoms with Crippen molar-refractivity contribution in [3.63, 3.8) is 0 Å². The summed E-state index contributed by atoms with van der Waals surface area (Å²) in [5, 5.41) is 0. The molecule has 25 heavy (non-hydrogen) atoms. The number of carbonyl (C=O) groups is 1. The van der Waals surface area contributed by atoms with E-state index in [2.05, 4.69) is 13.8 Å². The minimum Gasteiger partial charge on any atom is -0.469 e. The Morgan fingerprint density at radius 2 is 1.76 bits per heavy atom. The van der Waals surface area contributed by atoms with Crippen molar-refractivity contribution in [2.75, 3.05) is 0 Å². The summed E-state index contributed by atoms with van der Waals surface area (Å²) >= 11 is 0. The van der Waals surface area contributed by atoms with Gasteiger partial charge in [-0.1, -0.05) is 20.3 Å². The van der Waals surface area contributed by atoms with Gasteiger partial charge in [0.2, 0.25) is 0 Å². The van der Waals surface area contributed by atoms with Gasteiger partial charge in [0, 0.05) is 19.3 Å². The molecule has 0 unspecified atom stereocenters. The molecule has 2 N–H and O–H groups in total. The number of ketones is 1. The van der Waals surface area contributed by atoms with Gasteiger partial charge in [0.25, 0.3) is 0 Å². The van der Waals surface area contributed by atoms with Crippen molar-refractivity contribution in [3.05, 3.63) is 11.3 Å². The maximum atomic E-state index is 12.7. The van der Waals surface area contributed by atoms with E-state index < -0.39 is 5.72 Å². The number of hydrogen-bond acceptors (Lipinski definition) is 3. The van der Waals surface area contributed by atoms with Crippen LogP contribution in [0, 0.1) is 28.6 Å². The number of nitrogens with two attached hydrogens (primary N) is 1. The lowest BCUT2D eigenvalue weighted by molar-refractivity contribution is -0.124. The zero-order chi connectivity index (χ0) is 17.4. The van der Waals surface area contributed by atoms with Crippen molar-refractivity contribution in [1.82, 2.24) is 0 Å². The van der Waals surface area contributed by atoms with Crippen LogP contribution < -0.4 is 5.73 Å². The molecule has 4 fully saturated rings. The number of fused-ring (bicyclic) bond motifs is 5. The van der Waals surface area contributed by atoms with E-state index in [4.69, 9.17) is 10.5 Å². The predicted octanol–water partition coefficient (Wildman–Crippen LogP) is 4.70. The fourth-order valence-corrected chi connectivity index (χ4v) is 7.21. The van der Waals surface area contributed by atoms with Crippen LogP contribution in [0.15, 0.2) is 11.3 Å². The largest absolute Gasteiger partial charge is 0.469 e. The third-order valence-electron chi connectivity index (χ3n) is 8.90. The van der Waals surface area contributed by atoms with Crippen molar-refractivity contribution < 1.29 is 9.53 Å². The summed E-state index contributed by atoms with van der Waals surface area (Å²) in [5.41, 5.74) is 7.78. The monoisotopic (exact) mass is 343 g/mol.